The van der Waals surface area contributed by atoms with Gasteiger partial charge >= 0.3 is 0 Å². The van der Waals surface area contributed by atoms with E-state index in [1.807, 2.05) is 17.9 Å². The molecule has 10 nitrogen and oxygen atoms in total. The van der Waals surface area contributed by atoms with Crippen molar-refractivity contribution in [2.75, 3.05) is 38.2 Å². The van der Waals surface area contributed by atoms with Gasteiger partial charge in [0.1, 0.15) is 18.2 Å². The third-order valence-electron chi connectivity index (χ3n) is 6.56. The molecule has 0 radical (unpaired) electrons. The van der Waals surface area contributed by atoms with Crippen molar-refractivity contribution in [2.24, 2.45) is 5.41 Å². The molecular weight excluding hydrogens is 477 g/mol. The van der Waals surface area contributed by atoms with Gasteiger partial charge in [-0.2, -0.15) is 10.2 Å². The van der Waals surface area contributed by atoms with Crippen LogP contribution < -0.4 is 5.32 Å². The molecule has 2 aliphatic heterocycles. The summed E-state index contributed by atoms with van der Waals surface area (Å²) in [7, 11) is 0. The maximum Gasteiger partial charge on any atom is 0.233 e. The van der Waals surface area contributed by atoms with Gasteiger partial charge in [-0.15, -0.1) is 0 Å². The highest BCUT2D eigenvalue weighted by Gasteiger charge is 2.43. The van der Waals surface area contributed by atoms with E-state index in [1.165, 1.54) is 12.1 Å². The topological polar surface area (TPSA) is 118 Å². The van der Waals surface area contributed by atoms with E-state index in [0.717, 1.165) is 32.4 Å². The van der Waals surface area contributed by atoms with Crippen molar-refractivity contribution in [3.8, 4) is 23.1 Å². The standard InChI is InChI=1S/C26H28FN7O3/c1-26(24(35)33-13-3-2-4-14-33)16-36-23(37-17-26)22-31-20(18-5-7-19(27)8-6-18)15-34(22)21-9-11-29-25(32-21)30-12-10-28/h5-9,11,15,23H,2-4,12-14,16-17H2,1H3,(H,29,30,32). The summed E-state index contributed by atoms with van der Waals surface area (Å²) >= 11 is 0. The number of hydrogen-bond acceptors (Lipinski definition) is 8. The van der Waals surface area contributed by atoms with E-state index in [-0.39, 0.29) is 37.4 Å². The number of likely N-dealkylation sites (tertiary alicyclic amines) is 1. The van der Waals surface area contributed by atoms with E-state index in [1.54, 1.807) is 35.2 Å². The normalized spacial score (nSPS) is 21.9. The number of imidazole rings is 1. The van der Waals surface area contributed by atoms with Crippen LogP contribution in [0.3, 0.4) is 0 Å². The van der Waals surface area contributed by atoms with Crippen molar-refractivity contribution in [3.63, 3.8) is 0 Å². The molecule has 0 spiro atoms. The molecule has 0 aliphatic carbocycles. The molecule has 2 fully saturated rings. The second-order valence-corrected chi connectivity index (χ2v) is 9.48. The first-order valence-electron chi connectivity index (χ1n) is 12.3. The van der Waals surface area contributed by atoms with Crippen molar-refractivity contribution >= 4 is 11.9 Å². The van der Waals surface area contributed by atoms with Gasteiger partial charge in [0.05, 0.1) is 30.4 Å². The Morgan fingerprint density at radius 1 is 1.16 bits per heavy atom. The largest absolute Gasteiger partial charge is 0.345 e. The number of anilines is 1. The van der Waals surface area contributed by atoms with Gasteiger partial charge in [0.2, 0.25) is 18.1 Å². The molecule has 3 aromatic rings. The number of aromatic nitrogens is 4. The molecule has 1 amide bonds. The van der Waals surface area contributed by atoms with E-state index < -0.39 is 11.7 Å². The second-order valence-electron chi connectivity index (χ2n) is 9.48. The number of nitrogens with one attached hydrogen (secondary N) is 1. The predicted octanol–water partition coefficient (Wildman–Crippen LogP) is 3.47. The minimum Gasteiger partial charge on any atom is -0.345 e. The number of nitrogens with zero attached hydrogens (tertiary/aromatic N) is 6. The summed E-state index contributed by atoms with van der Waals surface area (Å²) in [5, 5.41) is 11.7. The molecule has 2 aliphatic rings. The molecule has 1 N–H and O–H groups in total. The average molecular weight is 506 g/mol. The average Bonchev–Trinajstić information content (AvgIpc) is 3.38. The number of nitriles is 1. The number of halogens is 1. The summed E-state index contributed by atoms with van der Waals surface area (Å²) in [6.07, 6.45) is 5.66. The molecule has 2 aromatic heterocycles. The Kier molecular flexibility index (Phi) is 7.12. The summed E-state index contributed by atoms with van der Waals surface area (Å²) < 4.78 is 27.4. The van der Waals surface area contributed by atoms with Gasteiger partial charge in [-0.1, -0.05) is 0 Å². The minimum atomic E-state index is -0.845. The Bertz CT molecular complexity index is 1290. The molecule has 2 saturated heterocycles. The van der Waals surface area contributed by atoms with Crippen molar-refractivity contribution in [1.82, 2.24) is 24.4 Å². The molecule has 0 saturated carbocycles. The number of rotatable bonds is 6. The fourth-order valence-electron chi connectivity index (χ4n) is 4.55. The van der Waals surface area contributed by atoms with Gasteiger partial charge in [-0.25, -0.2) is 14.4 Å². The Balaban J connectivity index is 1.43. The lowest BCUT2D eigenvalue weighted by molar-refractivity contribution is -0.235. The van der Waals surface area contributed by atoms with Crippen LogP contribution in [0, 0.1) is 22.6 Å². The van der Waals surface area contributed by atoms with Crippen molar-refractivity contribution < 1.29 is 18.7 Å². The van der Waals surface area contributed by atoms with Gasteiger partial charge in [0.15, 0.2) is 5.82 Å². The zero-order valence-electron chi connectivity index (χ0n) is 20.6. The van der Waals surface area contributed by atoms with Gasteiger partial charge < -0.3 is 19.7 Å². The maximum atomic E-state index is 13.5. The van der Waals surface area contributed by atoms with Crippen molar-refractivity contribution in [2.45, 2.75) is 32.5 Å². The quantitative estimate of drug-likeness (QED) is 0.506. The Labute approximate surface area is 214 Å². The maximum absolute atomic E-state index is 13.5. The minimum absolute atomic E-state index is 0.0463. The van der Waals surface area contributed by atoms with E-state index in [2.05, 4.69) is 15.3 Å². The van der Waals surface area contributed by atoms with Crippen LogP contribution in [0.1, 0.15) is 38.3 Å². The van der Waals surface area contributed by atoms with Crippen LogP contribution in [-0.4, -0.2) is 63.2 Å². The number of hydrogen-bond donors (Lipinski definition) is 1. The van der Waals surface area contributed by atoms with E-state index in [4.69, 9.17) is 19.7 Å². The predicted molar refractivity (Wildman–Crippen MR) is 132 cm³/mol. The van der Waals surface area contributed by atoms with E-state index >= 15 is 0 Å². The molecule has 11 heteroatoms. The Morgan fingerprint density at radius 2 is 1.89 bits per heavy atom. The summed E-state index contributed by atoms with van der Waals surface area (Å²) in [6, 6.07) is 9.72. The zero-order chi connectivity index (χ0) is 25.8. The second kappa shape index (κ2) is 10.6. The Morgan fingerprint density at radius 3 is 2.59 bits per heavy atom. The highest BCUT2D eigenvalue weighted by molar-refractivity contribution is 5.83. The molecule has 0 atom stereocenters. The first-order chi connectivity index (χ1) is 18.0. The molecule has 0 unspecified atom stereocenters. The lowest BCUT2D eigenvalue weighted by Crippen LogP contribution is -2.51. The van der Waals surface area contributed by atoms with Gasteiger partial charge in [-0.05, 0) is 56.5 Å². The van der Waals surface area contributed by atoms with E-state index in [0.29, 0.717) is 22.9 Å². The highest BCUT2D eigenvalue weighted by atomic mass is 19.1. The number of ether oxygens (including phenoxy) is 2. The Hall–Kier alpha value is -3.88. The molecule has 5 rings (SSSR count). The summed E-state index contributed by atoms with van der Waals surface area (Å²) in [4.78, 5) is 28.5. The van der Waals surface area contributed by atoms with Crippen LogP contribution in [0.4, 0.5) is 10.3 Å². The molecule has 4 heterocycles. The van der Waals surface area contributed by atoms with Crippen LogP contribution in [0.25, 0.3) is 17.1 Å². The number of benzene rings is 1. The number of piperidine rings is 1. The van der Waals surface area contributed by atoms with Crippen LogP contribution in [0.5, 0.6) is 0 Å². The van der Waals surface area contributed by atoms with Crippen LogP contribution in [-0.2, 0) is 14.3 Å². The highest BCUT2D eigenvalue weighted by Crippen LogP contribution is 2.35. The van der Waals surface area contributed by atoms with Gasteiger partial charge in [-0.3, -0.25) is 9.36 Å². The number of amides is 1. The summed E-state index contributed by atoms with van der Waals surface area (Å²) in [5.74, 6) is 0.897. The summed E-state index contributed by atoms with van der Waals surface area (Å²) in [6.45, 7) is 3.82. The molecule has 192 valence electrons. The van der Waals surface area contributed by atoms with Crippen molar-refractivity contribution in [3.05, 3.63) is 54.4 Å². The molecular formula is C26H28FN7O3. The monoisotopic (exact) mass is 505 g/mol. The smallest absolute Gasteiger partial charge is 0.233 e. The van der Waals surface area contributed by atoms with Crippen LogP contribution in [0.2, 0.25) is 0 Å². The first kappa shape index (κ1) is 24.8. The lowest BCUT2D eigenvalue weighted by atomic mass is 9.89. The summed E-state index contributed by atoms with van der Waals surface area (Å²) in [5.41, 5.74) is 0.498. The fraction of sp³-hybridized carbons (Fsp3) is 0.423. The van der Waals surface area contributed by atoms with Crippen LogP contribution >= 0.6 is 0 Å². The molecule has 1 aromatic carbocycles. The molecule has 0 bridgehead atoms. The third-order valence-corrected chi connectivity index (χ3v) is 6.56. The van der Waals surface area contributed by atoms with E-state index in [9.17, 15) is 9.18 Å². The lowest BCUT2D eigenvalue weighted by Gasteiger charge is -2.40. The number of carbonyl (C=O) groups excluding carboxylic acids is 1. The van der Waals surface area contributed by atoms with Gasteiger partial charge in [0, 0.05) is 31.0 Å². The molecule has 37 heavy (non-hydrogen) atoms. The third kappa shape index (κ3) is 5.30. The van der Waals surface area contributed by atoms with Crippen LogP contribution in [0.15, 0.2) is 42.7 Å². The van der Waals surface area contributed by atoms with Crippen molar-refractivity contribution in [1.29, 1.82) is 5.26 Å². The SMILES string of the molecule is CC1(C(=O)N2CCCCC2)COC(c2nc(-c3ccc(F)cc3)cn2-c2ccnc(NCC#N)n2)OC1. The zero-order valence-corrected chi connectivity index (χ0v) is 20.6. The fourth-order valence-corrected chi connectivity index (χ4v) is 4.55. The first-order valence-corrected chi connectivity index (χ1v) is 12.3. The van der Waals surface area contributed by atoms with Gasteiger partial charge in [0.25, 0.3) is 0 Å². The number of carbonyl (C=O) groups is 1.